The fourth-order valence-electron chi connectivity index (χ4n) is 2.48. The fourth-order valence-corrected chi connectivity index (χ4v) is 2.48. The number of nitrogens with one attached hydrogen (secondary N) is 2. The number of ether oxygens (including phenoxy) is 3. The van der Waals surface area contributed by atoms with Crippen molar-refractivity contribution in [3.63, 3.8) is 0 Å². The van der Waals surface area contributed by atoms with E-state index in [0.29, 0.717) is 22.8 Å². The van der Waals surface area contributed by atoms with Gasteiger partial charge in [0, 0.05) is 6.07 Å². The molecule has 32 heavy (non-hydrogen) atoms. The Labute approximate surface area is 182 Å². The Kier molecular flexibility index (Phi) is 7.20. The van der Waals surface area contributed by atoms with E-state index < -0.39 is 17.8 Å². The second-order valence-electron chi connectivity index (χ2n) is 6.16. The summed E-state index contributed by atoms with van der Waals surface area (Å²) in [6.45, 7) is 0. The van der Waals surface area contributed by atoms with Gasteiger partial charge in [0.05, 0.1) is 32.4 Å². The molecule has 0 fully saturated rings. The summed E-state index contributed by atoms with van der Waals surface area (Å²) in [6, 6.07) is 14.2. The molecule has 1 heterocycles. The fraction of sp³-hybridized carbons (Fsp3) is 0.0909. The molecule has 10 nitrogen and oxygen atoms in total. The summed E-state index contributed by atoms with van der Waals surface area (Å²) in [5.41, 5.74) is 3.00. The van der Waals surface area contributed by atoms with Gasteiger partial charge in [-0.2, -0.15) is 5.10 Å². The number of anilines is 1. The molecular weight excluding hydrogens is 418 g/mol. The average Bonchev–Trinajstić information content (AvgIpc) is 3.35. The molecule has 10 heteroatoms. The Hall–Kier alpha value is -4.60. The van der Waals surface area contributed by atoms with E-state index in [4.69, 9.17) is 18.6 Å². The number of methoxy groups -OCH3 is 2. The highest BCUT2D eigenvalue weighted by atomic mass is 16.5. The highest BCUT2D eigenvalue weighted by Crippen LogP contribution is 2.28. The third-order valence-electron chi connectivity index (χ3n) is 4.05. The van der Waals surface area contributed by atoms with E-state index in [-0.39, 0.29) is 11.4 Å². The SMILES string of the molecule is COc1ccc(OC)c(NC(=O)C(=O)NN=Cc2ccc(OC(=O)c3ccco3)cc2)c1. The summed E-state index contributed by atoms with van der Waals surface area (Å²) in [6.07, 6.45) is 2.70. The summed E-state index contributed by atoms with van der Waals surface area (Å²) in [7, 11) is 2.91. The monoisotopic (exact) mass is 437 g/mol. The molecule has 0 atom stereocenters. The molecule has 0 spiro atoms. The molecule has 2 N–H and O–H groups in total. The van der Waals surface area contributed by atoms with Gasteiger partial charge in [-0.25, -0.2) is 10.2 Å². The molecule has 3 rings (SSSR count). The molecule has 0 aliphatic rings. The van der Waals surface area contributed by atoms with Crippen LogP contribution in [-0.4, -0.2) is 38.2 Å². The lowest BCUT2D eigenvalue weighted by Crippen LogP contribution is -2.32. The van der Waals surface area contributed by atoms with Crippen LogP contribution in [0.2, 0.25) is 0 Å². The molecular formula is C22H19N3O7. The minimum atomic E-state index is -0.977. The number of hydrazone groups is 1. The zero-order valence-electron chi connectivity index (χ0n) is 17.2. The van der Waals surface area contributed by atoms with Crippen molar-refractivity contribution in [3.8, 4) is 17.2 Å². The quantitative estimate of drug-likeness (QED) is 0.191. The predicted molar refractivity (Wildman–Crippen MR) is 114 cm³/mol. The van der Waals surface area contributed by atoms with Crippen LogP contribution in [0.3, 0.4) is 0 Å². The predicted octanol–water partition coefficient (Wildman–Crippen LogP) is 2.60. The van der Waals surface area contributed by atoms with Crippen LogP contribution in [0.4, 0.5) is 5.69 Å². The van der Waals surface area contributed by atoms with Crippen LogP contribution in [0, 0.1) is 0 Å². The second-order valence-corrected chi connectivity index (χ2v) is 6.16. The minimum absolute atomic E-state index is 0.0863. The maximum Gasteiger partial charge on any atom is 0.379 e. The number of carbonyl (C=O) groups is 3. The molecule has 3 aromatic rings. The molecule has 2 aromatic carbocycles. The highest BCUT2D eigenvalue weighted by molar-refractivity contribution is 6.39. The van der Waals surface area contributed by atoms with Crippen molar-refractivity contribution in [1.82, 2.24) is 5.43 Å². The van der Waals surface area contributed by atoms with Crippen molar-refractivity contribution in [2.45, 2.75) is 0 Å². The molecule has 0 unspecified atom stereocenters. The van der Waals surface area contributed by atoms with E-state index >= 15 is 0 Å². The van der Waals surface area contributed by atoms with Crippen LogP contribution >= 0.6 is 0 Å². The first-order chi connectivity index (χ1) is 15.5. The first-order valence-electron chi connectivity index (χ1n) is 9.22. The summed E-state index contributed by atoms with van der Waals surface area (Å²) in [4.78, 5) is 36.0. The van der Waals surface area contributed by atoms with Gasteiger partial charge in [-0.1, -0.05) is 0 Å². The normalized spacial score (nSPS) is 10.4. The number of esters is 1. The number of amides is 2. The van der Waals surface area contributed by atoms with Crippen LogP contribution in [0.1, 0.15) is 16.1 Å². The van der Waals surface area contributed by atoms with Crippen molar-refractivity contribution < 1.29 is 33.0 Å². The molecule has 164 valence electrons. The highest BCUT2D eigenvalue weighted by Gasteiger charge is 2.16. The van der Waals surface area contributed by atoms with Gasteiger partial charge < -0.3 is 23.9 Å². The lowest BCUT2D eigenvalue weighted by Gasteiger charge is -2.11. The number of benzene rings is 2. The number of hydrogen-bond acceptors (Lipinski definition) is 8. The van der Waals surface area contributed by atoms with Crippen LogP contribution in [0.5, 0.6) is 17.2 Å². The summed E-state index contributed by atoms with van der Waals surface area (Å²) >= 11 is 0. The molecule has 0 aliphatic heterocycles. The van der Waals surface area contributed by atoms with Crippen LogP contribution in [0.15, 0.2) is 70.4 Å². The lowest BCUT2D eigenvalue weighted by molar-refractivity contribution is -0.136. The number of nitrogens with zero attached hydrogens (tertiary/aromatic N) is 1. The van der Waals surface area contributed by atoms with Crippen LogP contribution < -0.4 is 25.0 Å². The molecule has 2 amide bonds. The Morgan fingerprint density at radius 1 is 0.938 bits per heavy atom. The summed E-state index contributed by atoms with van der Waals surface area (Å²) < 4.78 is 20.4. The first-order valence-corrected chi connectivity index (χ1v) is 9.22. The standard InChI is InChI=1S/C22H19N3O7/c1-29-16-9-10-18(30-2)17(12-16)24-20(26)21(27)25-23-13-14-5-7-15(8-6-14)32-22(28)19-4-3-11-31-19/h3-13H,1-2H3,(H,24,26)(H,25,27). The number of rotatable bonds is 7. The van der Waals surface area contributed by atoms with E-state index in [1.807, 2.05) is 0 Å². The molecule has 0 radical (unpaired) electrons. The minimum Gasteiger partial charge on any atom is -0.497 e. The van der Waals surface area contributed by atoms with Gasteiger partial charge in [-0.15, -0.1) is 0 Å². The second kappa shape index (κ2) is 10.4. The van der Waals surface area contributed by atoms with Crippen molar-refractivity contribution in [3.05, 3.63) is 72.2 Å². The van der Waals surface area contributed by atoms with Gasteiger partial charge in [0.2, 0.25) is 5.76 Å². The third kappa shape index (κ3) is 5.72. The summed E-state index contributed by atoms with van der Waals surface area (Å²) in [5, 5.41) is 6.18. The Bertz CT molecular complexity index is 1120. The number of hydrogen-bond donors (Lipinski definition) is 2. The topological polar surface area (TPSA) is 128 Å². The average molecular weight is 437 g/mol. The van der Waals surface area contributed by atoms with E-state index in [9.17, 15) is 14.4 Å². The van der Waals surface area contributed by atoms with Crippen LogP contribution in [0.25, 0.3) is 0 Å². The van der Waals surface area contributed by atoms with Crippen molar-refractivity contribution in [1.29, 1.82) is 0 Å². The van der Waals surface area contributed by atoms with E-state index in [1.54, 1.807) is 42.5 Å². The third-order valence-corrected chi connectivity index (χ3v) is 4.05. The molecule has 0 saturated heterocycles. The van der Waals surface area contributed by atoms with Gasteiger partial charge in [0.15, 0.2) is 0 Å². The zero-order chi connectivity index (χ0) is 22.9. The van der Waals surface area contributed by atoms with E-state index in [2.05, 4.69) is 15.8 Å². The Balaban J connectivity index is 1.53. The molecule has 1 aromatic heterocycles. The molecule has 0 saturated carbocycles. The van der Waals surface area contributed by atoms with E-state index in [0.717, 1.165) is 0 Å². The lowest BCUT2D eigenvalue weighted by atomic mass is 10.2. The van der Waals surface area contributed by atoms with Gasteiger partial charge in [-0.05, 0) is 54.1 Å². The zero-order valence-corrected chi connectivity index (χ0v) is 17.2. The van der Waals surface area contributed by atoms with Crippen molar-refractivity contribution >= 4 is 29.7 Å². The Morgan fingerprint density at radius 2 is 1.69 bits per heavy atom. The maximum atomic E-state index is 12.1. The number of furan rings is 1. The summed E-state index contributed by atoms with van der Waals surface area (Å²) in [5.74, 6) is -1.30. The van der Waals surface area contributed by atoms with Gasteiger partial charge in [0.1, 0.15) is 17.2 Å². The molecule has 0 aliphatic carbocycles. The smallest absolute Gasteiger partial charge is 0.379 e. The van der Waals surface area contributed by atoms with Gasteiger partial charge >= 0.3 is 17.8 Å². The van der Waals surface area contributed by atoms with E-state index in [1.165, 1.54) is 38.8 Å². The van der Waals surface area contributed by atoms with Crippen molar-refractivity contribution in [2.24, 2.45) is 5.10 Å². The van der Waals surface area contributed by atoms with Gasteiger partial charge in [-0.3, -0.25) is 9.59 Å². The van der Waals surface area contributed by atoms with Gasteiger partial charge in [0.25, 0.3) is 0 Å². The first kappa shape index (κ1) is 22.1. The largest absolute Gasteiger partial charge is 0.497 e. The molecule has 0 bridgehead atoms. The van der Waals surface area contributed by atoms with Crippen LogP contribution in [-0.2, 0) is 9.59 Å². The Morgan fingerprint density at radius 3 is 2.34 bits per heavy atom. The number of carbonyl (C=O) groups excluding carboxylic acids is 3. The maximum absolute atomic E-state index is 12.1. The van der Waals surface area contributed by atoms with Crippen molar-refractivity contribution in [2.75, 3.05) is 19.5 Å².